The number of ether oxygens (including phenoxy) is 1. The van der Waals surface area contributed by atoms with Gasteiger partial charge < -0.3 is 15.8 Å². The SMILES string of the molecule is CCOC1CCC(N2CCC3C(N)C4CCCCC4[NH2+]C32)CC1. The maximum atomic E-state index is 6.76. The van der Waals surface area contributed by atoms with Gasteiger partial charge in [-0.15, -0.1) is 0 Å². The molecular weight excluding hydrogens is 286 g/mol. The average molecular weight is 323 g/mol. The van der Waals surface area contributed by atoms with Crippen molar-refractivity contribution in [2.24, 2.45) is 17.6 Å². The summed E-state index contributed by atoms with van der Waals surface area (Å²) in [6.45, 7) is 4.27. The van der Waals surface area contributed by atoms with Crippen molar-refractivity contribution in [3.63, 3.8) is 0 Å². The lowest BCUT2D eigenvalue weighted by Crippen LogP contribution is -3.03. The van der Waals surface area contributed by atoms with Gasteiger partial charge in [0, 0.05) is 37.1 Å². The van der Waals surface area contributed by atoms with E-state index in [9.17, 15) is 0 Å². The summed E-state index contributed by atoms with van der Waals surface area (Å²) in [5.74, 6) is 1.53. The quantitative estimate of drug-likeness (QED) is 0.827. The molecule has 2 saturated carbocycles. The summed E-state index contributed by atoms with van der Waals surface area (Å²) in [6, 6.07) is 2.05. The van der Waals surface area contributed by atoms with Gasteiger partial charge in [0.2, 0.25) is 0 Å². The summed E-state index contributed by atoms with van der Waals surface area (Å²) in [5, 5.41) is 2.75. The maximum Gasteiger partial charge on any atom is 0.147 e. The third kappa shape index (κ3) is 3.08. The van der Waals surface area contributed by atoms with E-state index in [1.165, 1.54) is 64.3 Å². The highest BCUT2D eigenvalue weighted by atomic mass is 16.5. The zero-order valence-electron chi connectivity index (χ0n) is 14.8. The minimum Gasteiger partial charge on any atom is -0.379 e. The van der Waals surface area contributed by atoms with Gasteiger partial charge in [0.15, 0.2) is 0 Å². The summed E-state index contributed by atoms with van der Waals surface area (Å²) >= 11 is 0. The summed E-state index contributed by atoms with van der Waals surface area (Å²) in [6.07, 6.45) is 13.3. The molecule has 4 aliphatic rings. The Kier molecular flexibility index (Phi) is 4.96. The van der Waals surface area contributed by atoms with Crippen molar-refractivity contribution in [2.75, 3.05) is 13.2 Å². The highest BCUT2D eigenvalue weighted by molar-refractivity contribution is 4.98. The molecule has 0 bridgehead atoms. The normalized spacial score (nSPS) is 48.0. The lowest BCUT2D eigenvalue weighted by Gasteiger charge is -2.47. The number of hydrogen-bond donors (Lipinski definition) is 2. The van der Waals surface area contributed by atoms with Gasteiger partial charge >= 0.3 is 0 Å². The van der Waals surface area contributed by atoms with Gasteiger partial charge in [-0.1, -0.05) is 6.42 Å². The fourth-order valence-electron chi connectivity index (χ4n) is 6.22. The minimum absolute atomic E-state index is 0.458. The standard InChI is InChI=1S/C19H35N3O/c1-2-23-14-9-7-13(8-10-14)22-12-11-16-18(20)15-5-3-4-6-17(15)21-19(16)22/h13-19,21H,2-12,20H2,1H3/p+1. The molecule has 23 heavy (non-hydrogen) atoms. The van der Waals surface area contributed by atoms with Gasteiger partial charge in [-0.05, 0) is 58.3 Å². The topological polar surface area (TPSA) is 55.1 Å². The molecule has 0 radical (unpaired) electrons. The molecule has 4 nitrogen and oxygen atoms in total. The van der Waals surface area contributed by atoms with E-state index < -0.39 is 0 Å². The fraction of sp³-hybridized carbons (Fsp3) is 1.00. The Morgan fingerprint density at radius 3 is 2.57 bits per heavy atom. The average Bonchev–Trinajstić information content (AvgIpc) is 3.00. The van der Waals surface area contributed by atoms with Crippen LogP contribution in [0.2, 0.25) is 0 Å². The molecule has 5 atom stereocenters. The van der Waals surface area contributed by atoms with Crippen molar-refractivity contribution in [3.05, 3.63) is 0 Å². The molecule has 0 aromatic rings. The first kappa shape index (κ1) is 16.3. The second-order valence-electron chi connectivity index (χ2n) is 8.45. The minimum atomic E-state index is 0.458. The molecule has 4 N–H and O–H groups in total. The fourth-order valence-corrected chi connectivity index (χ4v) is 6.22. The van der Waals surface area contributed by atoms with Crippen LogP contribution in [-0.2, 0) is 4.74 Å². The molecule has 0 aromatic heterocycles. The van der Waals surface area contributed by atoms with E-state index in [-0.39, 0.29) is 0 Å². The van der Waals surface area contributed by atoms with Crippen molar-refractivity contribution < 1.29 is 10.1 Å². The van der Waals surface area contributed by atoms with Crippen LogP contribution in [0.25, 0.3) is 0 Å². The van der Waals surface area contributed by atoms with Crippen LogP contribution in [0.3, 0.4) is 0 Å². The highest BCUT2D eigenvalue weighted by Gasteiger charge is 2.52. The van der Waals surface area contributed by atoms with E-state index in [1.807, 2.05) is 0 Å². The molecule has 4 heteroatoms. The Labute approximate surface area is 141 Å². The van der Waals surface area contributed by atoms with Crippen LogP contribution in [0, 0.1) is 11.8 Å². The molecule has 132 valence electrons. The lowest BCUT2D eigenvalue weighted by atomic mass is 9.71. The molecule has 2 saturated heterocycles. The van der Waals surface area contributed by atoms with E-state index in [1.54, 1.807) is 0 Å². The Hall–Kier alpha value is -0.160. The van der Waals surface area contributed by atoms with Crippen LogP contribution in [0.5, 0.6) is 0 Å². The van der Waals surface area contributed by atoms with Crippen molar-refractivity contribution in [3.8, 4) is 0 Å². The number of nitrogens with zero attached hydrogens (tertiary/aromatic N) is 1. The Morgan fingerprint density at radius 1 is 1.00 bits per heavy atom. The molecule has 0 amide bonds. The molecule has 4 fully saturated rings. The Balaban J connectivity index is 1.40. The first-order chi connectivity index (χ1) is 11.3. The maximum absolute atomic E-state index is 6.76. The van der Waals surface area contributed by atoms with E-state index in [0.29, 0.717) is 18.3 Å². The zero-order valence-corrected chi connectivity index (χ0v) is 14.8. The van der Waals surface area contributed by atoms with Crippen LogP contribution in [0.1, 0.15) is 64.7 Å². The lowest BCUT2D eigenvalue weighted by molar-refractivity contribution is -0.761. The molecule has 2 aliphatic heterocycles. The third-order valence-electron chi connectivity index (χ3n) is 7.37. The molecule has 2 heterocycles. The number of rotatable bonds is 3. The highest BCUT2D eigenvalue weighted by Crippen LogP contribution is 2.38. The number of piperidine rings is 1. The zero-order chi connectivity index (χ0) is 15.8. The van der Waals surface area contributed by atoms with Gasteiger partial charge in [-0.3, -0.25) is 4.90 Å². The summed E-state index contributed by atoms with van der Waals surface area (Å²) in [5.41, 5.74) is 6.76. The van der Waals surface area contributed by atoms with Crippen LogP contribution in [-0.4, -0.2) is 48.4 Å². The number of nitrogens with two attached hydrogens (primary N) is 2. The number of quaternary nitrogens is 1. The van der Waals surface area contributed by atoms with Crippen LogP contribution in [0.15, 0.2) is 0 Å². The van der Waals surface area contributed by atoms with Gasteiger partial charge in [0.25, 0.3) is 0 Å². The van der Waals surface area contributed by atoms with Crippen LogP contribution < -0.4 is 11.1 Å². The van der Waals surface area contributed by atoms with E-state index in [4.69, 9.17) is 10.5 Å². The second-order valence-corrected chi connectivity index (χ2v) is 8.45. The molecule has 2 aliphatic carbocycles. The predicted octanol–water partition coefficient (Wildman–Crippen LogP) is 1.45. The van der Waals surface area contributed by atoms with Gasteiger partial charge in [0.05, 0.1) is 12.1 Å². The van der Waals surface area contributed by atoms with Crippen LogP contribution in [0.4, 0.5) is 0 Å². The van der Waals surface area contributed by atoms with Crippen molar-refractivity contribution >= 4 is 0 Å². The third-order valence-corrected chi connectivity index (χ3v) is 7.37. The summed E-state index contributed by atoms with van der Waals surface area (Å²) in [7, 11) is 0. The smallest absolute Gasteiger partial charge is 0.147 e. The van der Waals surface area contributed by atoms with Crippen molar-refractivity contribution in [1.82, 2.24) is 4.90 Å². The van der Waals surface area contributed by atoms with Crippen molar-refractivity contribution in [2.45, 2.75) is 95.1 Å². The first-order valence-electron chi connectivity index (χ1n) is 10.3. The summed E-state index contributed by atoms with van der Waals surface area (Å²) in [4.78, 5) is 2.84. The molecule has 4 rings (SSSR count). The molecule has 0 spiro atoms. The van der Waals surface area contributed by atoms with Crippen LogP contribution >= 0.6 is 0 Å². The molecular formula is C19H36N3O+. The van der Waals surface area contributed by atoms with Gasteiger partial charge in [0.1, 0.15) is 6.17 Å². The van der Waals surface area contributed by atoms with Gasteiger partial charge in [-0.25, -0.2) is 0 Å². The largest absolute Gasteiger partial charge is 0.379 e. The predicted molar refractivity (Wildman–Crippen MR) is 91.9 cm³/mol. The monoisotopic (exact) mass is 322 g/mol. The number of fused-ring (bicyclic) bond motifs is 2. The second kappa shape index (κ2) is 6.99. The molecule has 5 unspecified atom stereocenters. The van der Waals surface area contributed by atoms with E-state index in [0.717, 1.165) is 30.5 Å². The first-order valence-corrected chi connectivity index (χ1v) is 10.3. The Morgan fingerprint density at radius 2 is 1.78 bits per heavy atom. The van der Waals surface area contributed by atoms with Gasteiger partial charge in [-0.2, -0.15) is 0 Å². The van der Waals surface area contributed by atoms with E-state index >= 15 is 0 Å². The summed E-state index contributed by atoms with van der Waals surface area (Å²) < 4.78 is 5.84. The number of hydrogen-bond acceptors (Lipinski definition) is 3. The number of likely N-dealkylation sites (tertiary alicyclic amines) is 1. The Bertz CT molecular complexity index is 396. The van der Waals surface area contributed by atoms with E-state index in [2.05, 4.69) is 17.1 Å². The molecule has 0 aromatic carbocycles. The van der Waals surface area contributed by atoms with Crippen molar-refractivity contribution in [1.29, 1.82) is 0 Å².